The van der Waals surface area contributed by atoms with E-state index in [1.54, 1.807) is 0 Å². The number of rotatable bonds is 5. The van der Waals surface area contributed by atoms with Crippen molar-refractivity contribution < 1.29 is 25.2 Å². The highest BCUT2D eigenvalue weighted by molar-refractivity contribution is 5.76. The van der Waals surface area contributed by atoms with Crippen molar-refractivity contribution in [1.29, 1.82) is 0 Å². The molecule has 0 aromatic heterocycles. The van der Waals surface area contributed by atoms with Crippen molar-refractivity contribution in [3.8, 4) is 0 Å². The summed E-state index contributed by atoms with van der Waals surface area (Å²) in [5.41, 5.74) is 14.8. The Hall–Kier alpha value is -1.42. The van der Waals surface area contributed by atoms with Gasteiger partial charge in [0.05, 0.1) is 0 Å². The van der Waals surface area contributed by atoms with Crippen LogP contribution in [0.5, 0.6) is 0 Å². The zero-order valence-electron chi connectivity index (χ0n) is 7.69. The minimum absolute atomic E-state index is 0.516. The number of aliphatic carboxylic acids is 1. The Morgan fingerprint density at radius 2 is 1.60 bits per heavy atom. The first-order chi connectivity index (χ1) is 6.77. The number of nitrogens with zero attached hydrogens (tertiary/aromatic N) is 1. The number of carboxylic acid groups (broad SMARTS) is 1. The minimum atomic E-state index is -1.89. The average molecular weight is 222 g/mol. The normalized spacial score (nSPS) is 18.7. The van der Waals surface area contributed by atoms with Gasteiger partial charge in [0.2, 0.25) is 0 Å². The predicted octanol–water partition coefficient (Wildman–Crippen LogP) is -4.29. The lowest BCUT2D eigenvalue weighted by molar-refractivity contribution is -0.145. The standard InChI is InChI=1S/C6H14N4O5/c7-1(5(14)15)2(11)3(12)4(13)10-6(8)9/h1-4,11-13H,7H2,(H,14,15)(H4,8,9,10). The van der Waals surface area contributed by atoms with Crippen molar-refractivity contribution in [3.05, 3.63) is 0 Å². The van der Waals surface area contributed by atoms with Crippen LogP contribution in [0.3, 0.4) is 0 Å². The number of hydrogen-bond acceptors (Lipinski definition) is 6. The zero-order chi connectivity index (χ0) is 12.2. The summed E-state index contributed by atoms with van der Waals surface area (Å²) < 4.78 is 0. The second-order valence-electron chi connectivity index (χ2n) is 2.81. The molecule has 0 heterocycles. The molecule has 9 nitrogen and oxygen atoms in total. The SMILES string of the molecule is NC(N)=NC(O)C(O)C(O)C(N)C(=O)O. The van der Waals surface area contributed by atoms with Gasteiger partial charge >= 0.3 is 5.97 Å². The summed E-state index contributed by atoms with van der Waals surface area (Å²) in [7, 11) is 0. The highest BCUT2D eigenvalue weighted by Gasteiger charge is 2.33. The molecule has 0 saturated carbocycles. The van der Waals surface area contributed by atoms with E-state index in [4.69, 9.17) is 27.4 Å². The fourth-order valence-electron chi connectivity index (χ4n) is 0.764. The van der Waals surface area contributed by atoms with Gasteiger partial charge in [-0.2, -0.15) is 0 Å². The Balaban J connectivity index is 4.50. The first-order valence-corrected chi connectivity index (χ1v) is 3.88. The Morgan fingerprint density at radius 1 is 1.13 bits per heavy atom. The summed E-state index contributed by atoms with van der Waals surface area (Å²) in [6.07, 6.45) is -5.62. The quantitative estimate of drug-likeness (QED) is 0.179. The molecule has 88 valence electrons. The molecule has 10 N–H and O–H groups in total. The Bertz CT molecular complexity index is 254. The van der Waals surface area contributed by atoms with E-state index >= 15 is 0 Å². The summed E-state index contributed by atoms with van der Waals surface area (Å²) in [5.74, 6) is -2.05. The van der Waals surface area contributed by atoms with Gasteiger partial charge in [0.15, 0.2) is 12.2 Å². The largest absolute Gasteiger partial charge is 0.480 e. The van der Waals surface area contributed by atoms with Crippen LogP contribution in [0, 0.1) is 0 Å². The lowest BCUT2D eigenvalue weighted by Crippen LogP contribution is -2.52. The van der Waals surface area contributed by atoms with Crippen molar-refractivity contribution in [2.45, 2.75) is 24.5 Å². The topological polar surface area (TPSA) is 188 Å². The van der Waals surface area contributed by atoms with Gasteiger partial charge in [-0.15, -0.1) is 0 Å². The summed E-state index contributed by atoms with van der Waals surface area (Å²) in [4.78, 5) is 13.4. The lowest BCUT2D eigenvalue weighted by atomic mass is 10.1. The number of aliphatic hydroxyl groups is 3. The fourth-order valence-corrected chi connectivity index (χ4v) is 0.764. The van der Waals surface area contributed by atoms with E-state index in [1.807, 2.05) is 0 Å². The highest BCUT2D eigenvalue weighted by Crippen LogP contribution is 2.04. The highest BCUT2D eigenvalue weighted by atomic mass is 16.4. The molecule has 0 aliphatic carbocycles. The van der Waals surface area contributed by atoms with Crippen molar-refractivity contribution in [2.75, 3.05) is 0 Å². The summed E-state index contributed by atoms with van der Waals surface area (Å²) in [6, 6.07) is -1.75. The third-order valence-electron chi connectivity index (χ3n) is 1.59. The second kappa shape index (κ2) is 5.46. The molecule has 0 spiro atoms. The number of carboxylic acids is 1. The Labute approximate surface area is 84.8 Å². The summed E-state index contributed by atoms with van der Waals surface area (Å²) in [6.45, 7) is 0. The molecule has 4 atom stereocenters. The minimum Gasteiger partial charge on any atom is -0.480 e. The van der Waals surface area contributed by atoms with Gasteiger partial charge < -0.3 is 37.6 Å². The molecule has 4 unspecified atom stereocenters. The average Bonchev–Trinajstić information content (AvgIpc) is 2.13. The van der Waals surface area contributed by atoms with E-state index in [9.17, 15) is 15.0 Å². The molecule has 0 radical (unpaired) electrons. The van der Waals surface area contributed by atoms with Crippen molar-refractivity contribution >= 4 is 11.9 Å². The first kappa shape index (κ1) is 13.6. The third-order valence-corrected chi connectivity index (χ3v) is 1.59. The van der Waals surface area contributed by atoms with Gasteiger partial charge in [-0.25, -0.2) is 4.99 Å². The number of guanidine groups is 1. The molecule has 0 amide bonds. The Kier molecular flexibility index (Phi) is 4.94. The molecule has 0 aliphatic heterocycles. The molecule has 0 bridgehead atoms. The maximum Gasteiger partial charge on any atom is 0.323 e. The molecule has 0 fully saturated rings. The van der Waals surface area contributed by atoms with Gasteiger partial charge in [0, 0.05) is 0 Å². The molecule has 0 aliphatic rings. The maximum absolute atomic E-state index is 10.3. The van der Waals surface area contributed by atoms with Crippen LogP contribution in [0.25, 0.3) is 0 Å². The predicted molar refractivity (Wildman–Crippen MR) is 49.4 cm³/mol. The van der Waals surface area contributed by atoms with E-state index in [-0.39, 0.29) is 0 Å². The maximum atomic E-state index is 10.3. The van der Waals surface area contributed by atoms with E-state index < -0.39 is 36.4 Å². The van der Waals surface area contributed by atoms with Crippen molar-refractivity contribution in [1.82, 2.24) is 0 Å². The molecular formula is C6H14N4O5. The van der Waals surface area contributed by atoms with Crippen LogP contribution in [0.15, 0.2) is 4.99 Å². The van der Waals surface area contributed by atoms with Crippen LogP contribution in [-0.2, 0) is 4.79 Å². The molecule has 9 heteroatoms. The summed E-state index contributed by atoms with van der Waals surface area (Å²) >= 11 is 0. The van der Waals surface area contributed by atoms with Gasteiger partial charge in [-0.05, 0) is 0 Å². The van der Waals surface area contributed by atoms with Gasteiger partial charge in [-0.3, -0.25) is 4.79 Å². The number of aliphatic imine (C=N–C) groups is 1. The van der Waals surface area contributed by atoms with Crippen molar-refractivity contribution in [3.63, 3.8) is 0 Å². The Morgan fingerprint density at radius 3 is 1.93 bits per heavy atom. The van der Waals surface area contributed by atoms with Crippen LogP contribution in [-0.4, -0.2) is 56.8 Å². The van der Waals surface area contributed by atoms with Crippen LogP contribution in [0.1, 0.15) is 0 Å². The molecule has 15 heavy (non-hydrogen) atoms. The summed E-state index contributed by atoms with van der Waals surface area (Å²) in [5, 5.41) is 35.9. The molecular weight excluding hydrogens is 208 g/mol. The fraction of sp³-hybridized carbons (Fsp3) is 0.667. The zero-order valence-corrected chi connectivity index (χ0v) is 7.69. The number of carbonyl (C=O) groups is 1. The molecule has 0 aromatic rings. The third kappa shape index (κ3) is 4.08. The van der Waals surface area contributed by atoms with E-state index in [0.717, 1.165) is 0 Å². The smallest absolute Gasteiger partial charge is 0.323 e. The first-order valence-electron chi connectivity index (χ1n) is 3.88. The lowest BCUT2D eigenvalue weighted by Gasteiger charge is -2.22. The van der Waals surface area contributed by atoms with E-state index in [2.05, 4.69) is 4.99 Å². The monoisotopic (exact) mass is 222 g/mol. The number of aliphatic hydroxyl groups excluding tert-OH is 3. The van der Waals surface area contributed by atoms with E-state index in [0.29, 0.717) is 0 Å². The molecule has 0 aromatic carbocycles. The van der Waals surface area contributed by atoms with Crippen molar-refractivity contribution in [2.24, 2.45) is 22.2 Å². The van der Waals surface area contributed by atoms with Gasteiger partial charge in [0.25, 0.3) is 0 Å². The van der Waals surface area contributed by atoms with E-state index in [1.165, 1.54) is 0 Å². The van der Waals surface area contributed by atoms with Crippen LogP contribution in [0.4, 0.5) is 0 Å². The number of hydrogen-bond donors (Lipinski definition) is 7. The van der Waals surface area contributed by atoms with Crippen LogP contribution < -0.4 is 17.2 Å². The van der Waals surface area contributed by atoms with Gasteiger partial charge in [0.1, 0.15) is 18.2 Å². The number of nitrogens with two attached hydrogens (primary N) is 3. The van der Waals surface area contributed by atoms with Gasteiger partial charge in [-0.1, -0.05) is 0 Å². The van der Waals surface area contributed by atoms with Crippen LogP contribution >= 0.6 is 0 Å². The molecule has 0 saturated heterocycles. The van der Waals surface area contributed by atoms with Crippen LogP contribution in [0.2, 0.25) is 0 Å². The second-order valence-corrected chi connectivity index (χ2v) is 2.81. The molecule has 0 rings (SSSR count).